The lowest BCUT2D eigenvalue weighted by atomic mass is 9.96. The van der Waals surface area contributed by atoms with Crippen LogP contribution in [0.25, 0.3) is 0 Å². The number of hydrogen-bond donors (Lipinski definition) is 1. The minimum absolute atomic E-state index is 0.143. The topological polar surface area (TPSA) is 88.9 Å². The van der Waals surface area contributed by atoms with Gasteiger partial charge in [0, 0.05) is 18.8 Å². The van der Waals surface area contributed by atoms with E-state index in [0.29, 0.717) is 37.4 Å². The van der Waals surface area contributed by atoms with E-state index in [1.54, 1.807) is 48.2 Å². The summed E-state index contributed by atoms with van der Waals surface area (Å²) in [5.74, 6) is -0.741. The molecule has 2 amide bonds. The third-order valence-electron chi connectivity index (χ3n) is 4.47. The average Bonchev–Trinajstić information content (AvgIpc) is 3.23. The number of furan rings is 1. The van der Waals surface area contributed by atoms with Gasteiger partial charge in [-0.2, -0.15) is 0 Å². The molecule has 142 valence electrons. The Kier molecular flexibility index (Phi) is 5.90. The van der Waals surface area contributed by atoms with Gasteiger partial charge in [-0.05, 0) is 56.2 Å². The molecule has 2 aromatic rings. The van der Waals surface area contributed by atoms with Crippen molar-refractivity contribution >= 4 is 23.5 Å². The fraction of sp³-hybridized carbons (Fsp3) is 0.350. The highest BCUT2D eigenvalue weighted by molar-refractivity contribution is 5.95. The number of hydrogen-bond acceptors (Lipinski definition) is 5. The van der Waals surface area contributed by atoms with Gasteiger partial charge in [-0.25, -0.2) is 4.79 Å². The Morgan fingerprint density at radius 2 is 2.00 bits per heavy atom. The Balaban J connectivity index is 1.59. The molecule has 1 N–H and O–H groups in total. The predicted octanol–water partition coefficient (Wildman–Crippen LogP) is 2.95. The van der Waals surface area contributed by atoms with Crippen LogP contribution in [0.15, 0.2) is 47.1 Å². The molecule has 1 fully saturated rings. The van der Waals surface area contributed by atoms with E-state index < -0.39 is 5.97 Å². The van der Waals surface area contributed by atoms with Gasteiger partial charge in [0.1, 0.15) is 0 Å². The zero-order chi connectivity index (χ0) is 19.2. The van der Waals surface area contributed by atoms with E-state index in [1.165, 1.54) is 6.26 Å². The quantitative estimate of drug-likeness (QED) is 0.818. The molecule has 1 aromatic carbocycles. The minimum Gasteiger partial charge on any atom is -0.462 e. The molecule has 1 aromatic heterocycles. The van der Waals surface area contributed by atoms with Crippen molar-refractivity contribution < 1.29 is 23.5 Å². The molecule has 27 heavy (non-hydrogen) atoms. The SMILES string of the molecule is CCOC(=O)c1ccc(NC(=O)C2CCCN(C(=O)c3ccco3)C2)cc1. The van der Waals surface area contributed by atoms with Crippen molar-refractivity contribution in [3.05, 3.63) is 54.0 Å². The molecule has 1 aliphatic rings. The van der Waals surface area contributed by atoms with Gasteiger partial charge in [0.05, 0.1) is 24.4 Å². The summed E-state index contributed by atoms with van der Waals surface area (Å²) in [7, 11) is 0. The summed E-state index contributed by atoms with van der Waals surface area (Å²) in [6.07, 6.45) is 2.93. The van der Waals surface area contributed by atoms with Crippen LogP contribution in [0.3, 0.4) is 0 Å². The van der Waals surface area contributed by atoms with Crippen LogP contribution in [0.2, 0.25) is 0 Å². The first-order valence-corrected chi connectivity index (χ1v) is 8.99. The number of rotatable bonds is 5. The Hall–Kier alpha value is -3.09. The Bertz CT molecular complexity index is 798. The number of likely N-dealkylation sites (tertiary alicyclic amines) is 1. The van der Waals surface area contributed by atoms with E-state index in [2.05, 4.69) is 5.32 Å². The molecule has 7 heteroatoms. The van der Waals surface area contributed by atoms with Gasteiger partial charge < -0.3 is 19.4 Å². The number of benzene rings is 1. The number of nitrogens with zero attached hydrogens (tertiary/aromatic N) is 1. The first-order chi connectivity index (χ1) is 13.1. The first-order valence-electron chi connectivity index (χ1n) is 8.99. The fourth-order valence-electron chi connectivity index (χ4n) is 3.08. The van der Waals surface area contributed by atoms with Crippen molar-refractivity contribution in [3.8, 4) is 0 Å². The maximum absolute atomic E-state index is 12.6. The van der Waals surface area contributed by atoms with Crippen LogP contribution in [0.1, 0.15) is 40.7 Å². The summed E-state index contributed by atoms with van der Waals surface area (Å²) in [5, 5.41) is 2.85. The van der Waals surface area contributed by atoms with Gasteiger partial charge in [0.25, 0.3) is 5.91 Å². The van der Waals surface area contributed by atoms with Crippen LogP contribution in [-0.4, -0.2) is 42.4 Å². The zero-order valence-corrected chi connectivity index (χ0v) is 15.1. The van der Waals surface area contributed by atoms with Crippen molar-refractivity contribution in [2.45, 2.75) is 19.8 Å². The van der Waals surface area contributed by atoms with E-state index in [1.807, 2.05) is 0 Å². The molecule has 7 nitrogen and oxygen atoms in total. The zero-order valence-electron chi connectivity index (χ0n) is 15.1. The van der Waals surface area contributed by atoms with Crippen LogP contribution in [0, 0.1) is 5.92 Å². The third kappa shape index (κ3) is 4.55. The van der Waals surface area contributed by atoms with Crippen LogP contribution in [-0.2, 0) is 9.53 Å². The highest BCUT2D eigenvalue weighted by Crippen LogP contribution is 2.21. The molecule has 3 rings (SSSR count). The summed E-state index contributed by atoms with van der Waals surface area (Å²) >= 11 is 0. The molecule has 1 atom stereocenters. The second-order valence-corrected chi connectivity index (χ2v) is 6.35. The Morgan fingerprint density at radius 1 is 1.22 bits per heavy atom. The minimum atomic E-state index is -0.394. The molecule has 0 bridgehead atoms. The van der Waals surface area contributed by atoms with Gasteiger partial charge in [-0.1, -0.05) is 0 Å². The van der Waals surface area contributed by atoms with Gasteiger partial charge in [0.15, 0.2) is 5.76 Å². The monoisotopic (exact) mass is 370 g/mol. The number of ether oxygens (including phenoxy) is 1. The van der Waals surface area contributed by atoms with Crippen LogP contribution < -0.4 is 5.32 Å². The van der Waals surface area contributed by atoms with E-state index in [0.717, 1.165) is 6.42 Å². The molecule has 1 aliphatic heterocycles. The lowest BCUT2D eigenvalue weighted by Crippen LogP contribution is -2.43. The average molecular weight is 370 g/mol. The van der Waals surface area contributed by atoms with Crippen molar-refractivity contribution in [1.82, 2.24) is 4.90 Å². The van der Waals surface area contributed by atoms with Crippen LogP contribution in [0.4, 0.5) is 5.69 Å². The van der Waals surface area contributed by atoms with Crippen molar-refractivity contribution in [2.75, 3.05) is 25.0 Å². The Labute approximate surface area is 157 Å². The van der Waals surface area contributed by atoms with Crippen molar-refractivity contribution in [1.29, 1.82) is 0 Å². The number of anilines is 1. The van der Waals surface area contributed by atoms with E-state index in [4.69, 9.17) is 9.15 Å². The number of carbonyl (C=O) groups is 3. The highest BCUT2D eigenvalue weighted by atomic mass is 16.5. The smallest absolute Gasteiger partial charge is 0.338 e. The standard InChI is InChI=1S/C20H22N2O5/c1-2-26-20(25)14-7-9-16(10-8-14)21-18(23)15-5-3-11-22(13-15)19(24)17-6-4-12-27-17/h4,6-10,12,15H,2-3,5,11,13H2,1H3,(H,21,23). The molecule has 0 aliphatic carbocycles. The molecular weight excluding hydrogens is 348 g/mol. The predicted molar refractivity (Wildman–Crippen MR) is 98.4 cm³/mol. The summed E-state index contributed by atoms with van der Waals surface area (Å²) in [5.41, 5.74) is 1.03. The normalized spacial score (nSPS) is 16.6. The van der Waals surface area contributed by atoms with Crippen LogP contribution >= 0.6 is 0 Å². The first kappa shape index (κ1) is 18.7. The van der Waals surface area contributed by atoms with Crippen molar-refractivity contribution in [3.63, 3.8) is 0 Å². The molecular formula is C20H22N2O5. The van der Waals surface area contributed by atoms with E-state index >= 15 is 0 Å². The number of nitrogens with one attached hydrogen (secondary N) is 1. The van der Waals surface area contributed by atoms with Crippen LogP contribution in [0.5, 0.6) is 0 Å². The van der Waals surface area contributed by atoms with E-state index in [9.17, 15) is 14.4 Å². The van der Waals surface area contributed by atoms with Gasteiger partial charge in [-0.3, -0.25) is 9.59 Å². The number of piperidine rings is 1. The highest BCUT2D eigenvalue weighted by Gasteiger charge is 2.29. The molecule has 1 unspecified atom stereocenters. The van der Waals surface area contributed by atoms with Gasteiger partial charge in [-0.15, -0.1) is 0 Å². The summed E-state index contributed by atoms with van der Waals surface area (Å²) in [6, 6.07) is 9.85. The maximum atomic E-state index is 12.6. The molecule has 0 radical (unpaired) electrons. The Morgan fingerprint density at radius 3 is 2.67 bits per heavy atom. The molecule has 0 saturated carbocycles. The summed E-state index contributed by atoms with van der Waals surface area (Å²) in [6.45, 7) is 3.02. The fourth-order valence-corrected chi connectivity index (χ4v) is 3.08. The number of amides is 2. The lowest BCUT2D eigenvalue weighted by molar-refractivity contribution is -0.121. The largest absolute Gasteiger partial charge is 0.462 e. The van der Waals surface area contributed by atoms with E-state index in [-0.39, 0.29) is 23.5 Å². The molecule has 0 spiro atoms. The second kappa shape index (κ2) is 8.53. The summed E-state index contributed by atoms with van der Waals surface area (Å²) in [4.78, 5) is 38.3. The second-order valence-electron chi connectivity index (χ2n) is 6.35. The number of carbonyl (C=O) groups excluding carboxylic acids is 3. The van der Waals surface area contributed by atoms with Gasteiger partial charge in [0.2, 0.25) is 5.91 Å². The van der Waals surface area contributed by atoms with Crippen molar-refractivity contribution in [2.24, 2.45) is 5.92 Å². The van der Waals surface area contributed by atoms with Gasteiger partial charge >= 0.3 is 5.97 Å². The molecule has 2 heterocycles. The maximum Gasteiger partial charge on any atom is 0.338 e. The summed E-state index contributed by atoms with van der Waals surface area (Å²) < 4.78 is 10.1. The third-order valence-corrected chi connectivity index (χ3v) is 4.47. The molecule has 1 saturated heterocycles. The lowest BCUT2D eigenvalue weighted by Gasteiger charge is -2.31. The number of esters is 1.